The summed E-state index contributed by atoms with van der Waals surface area (Å²) in [6, 6.07) is 11.7. The van der Waals surface area contributed by atoms with Crippen LogP contribution in [0.5, 0.6) is 0 Å². The molecule has 0 amide bonds. The molecule has 4 nitrogen and oxygen atoms in total. The van der Waals surface area contributed by atoms with Gasteiger partial charge in [0.25, 0.3) is 0 Å². The zero-order chi connectivity index (χ0) is 13.8. The summed E-state index contributed by atoms with van der Waals surface area (Å²) in [5, 5.41) is 8.34. The minimum Gasteiger partial charge on any atom is -0.351 e. The van der Waals surface area contributed by atoms with Gasteiger partial charge in [-0.3, -0.25) is 4.79 Å². The number of rotatable bonds is 4. The molecule has 5 heteroatoms. The summed E-state index contributed by atoms with van der Waals surface area (Å²) in [7, 11) is 1.82. The van der Waals surface area contributed by atoms with E-state index in [2.05, 4.69) is 26.1 Å². The van der Waals surface area contributed by atoms with Gasteiger partial charge in [-0.15, -0.1) is 10.2 Å². The maximum absolute atomic E-state index is 11.1. The van der Waals surface area contributed by atoms with E-state index in [0.717, 1.165) is 15.7 Å². The Morgan fingerprint density at radius 2 is 2.05 bits per heavy atom. The monoisotopic (exact) mass is 319 g/mol. The van der Waals surface area contributed by atoms with Gasteiger partial charge in [-0.05, 0) is 31.2 Å². The third-order valence-corrected chi connectivity index (χ3v) is 3.12. The van der Waals surface area contributed by atoms with Crippen molar-refractivity contribution in [1.82, 2.24) is 10.2 Å². The van der Waals surface area contributed by atoms with Gasteiger partial charge in [0.15, 0.2) is 5.82 Å². The molecule has 0 saturated carbocycles. The summed E-state index contributed by atoms with van der Waals surface area (Å²) in [4.78, 5) is 12.8. The Hall–Kier alpha value is -1.75. The summed E-state index contributed by atoms with van der Waals surface area (Å²) >= 11 is 3.43. The Kier molecular flexibility index (Phi) is 4.27. The maximum Gasteiger partial charge on any atom is 0.151 e. The molecule has 0 spiro atoms. The van der Waals surface area contributed by atoms with E-state index in [0.29, 0.717) is 12.4 Å². The van der Waals surface area contributed by atoms with Gasteiger partial charge in [-0.2, -0.15) is 0 Å². The van der Waals surface area contributed by atoms with E-state index in [1.807, 2.05) is 43.4 Å². The van der Waals surface area contributed by atoms with Crippen LogP contribution in [0.2, 0.25) is 0 Å². The summed E-state index contributed by atoms with van der Waals surface area (Å²) in [6.07, 6.45) is 0. The van der Waals surface area contributed by atoms with E-state index in [1.54, 1.807) is 11.8 Å². The highest BCUT2D eigenvalue weighted by atomic mass is 79.9. The number of anilines is 1. The van der Waals surface area contributed by atoms with E-state index in [4.69, 9.17) is 0 Å². The van der Waals surface area contributed by atoms with Crippen molar-refractivity contribution in [3.63, 3.8) is 0 Å². The molecule has 0 bridgehead atoms. The summed E-state index contributed by atoms with van der Waals surface area (Å²) in [6.45, 7) is 1.89. The molecule has 2 rings (SSSR count). The third-order valence-electron chi connectivity index (χ3n) is 2.62. The fourth-order valence-electron chi connectivity index (χ4n) is 1.75. The lowest BCUT2D eigenvalue weighted by molar-refractivity contribution is -0.115. The van der Waals surface area contributed by atoms with Crippen molar-refractivity contribution in [2.75, 3.05) is 18.5 Å². The lowest BCUT2D eigenvalue weighted by atomic mass is 10.1. The molecule has 0 aliphatic rings. The lowest BCUT2D eigenvalue weighted by Gasteiger charge is -2.15. The van der Waals surface area contributed by atoms with E-state index in [-0.39, 0.29) is 5.78 Å². The second kappa shape index (κ2) is 5.93. The van der Waals surface area contributed by atoms with Gasteiger partial charge in [-0.1, -0.05) is 28.1 Å². The van der Waals surface area contributed by atoms with Crippen molar-refractivity contribution in [2.45, 2.75) is 6.92 Å². The smallest absolute Gasteiger partial charge is 0.151 e. The van der Waals surface area contributed by atoms with Crippen LogP contribution in [0.25, 0.3) is 11.3 Å². The highest BCUT2D eigenvalue weighted by molar-refractivity contribution is 9.10. The molecule has 0 fully saturated rings. The van der Waals surface area contributed by atoms with Crippen molar-refractivity contribution < 1.29 is 4.79 Å². The predicted molar refractivity (Wildman–Crippen MR) is 79.1 cm³/mol. The lowest BCUT2D eigenvalue weighted by Crippen LogP contribution is -2.24. The number of carbonyl (C=O) groups excluding carboxylic acids is 1. The first kappa shape index (κ1) is 13.7. The molecule has 0 radical (unpaired) electrons. The second-order valence-electron chi connectivity index (χ2n) is 4.35. The van der Waals surface area contributed by atoms with E-state index in [1.165, 1.54) is 0 Å². The number of carbonyl (C=O) groups is 1. The van der Waals surface area contributed by atoms with Crippen molar-refractivity contribution in [3.8, 4) is 11.3 Å². The van der Waals surface area contributed by atoms with Crippen LogP contribution >= 0.6 is 15.9 Å². The number of hydrogen-bond donors (Lipinski definition) is 0. The standard InChI is InChI=1S/C14H14BrN3O/c1-10(19)9-18(2)14-7-6-13(16-17-14)11-4-3-5-12(15)8-11/h3-8H,9H2,1-2H3. The molecule has 1 aromatic heterocycles. The van der Waals surface area contributed by atoms with Crippen LogP contribution in [0.1, 0.15) is 6.92 Å². The molecule has 0 aliphatic carbocycles. The number of ketones is 1. The van der Waals surface area contributed by atoms with Crippen LogP contribution in [0, 0.1) is 0 Å². The number of hydrogen-bond acceptors (Lipinski definition) is 4. The molecule has 0 aliphatic heterocycles. The second-order valence-corrected chi connectivity index (χ2v) is 5.26. The molecule has 0 N–H and O–H groups in total. The van der Waals surface area contributed by atoms with Crippen molar-refractivity contribution in [3.05, 3.63) is 40.9 Å². The fraction of sp³-hybridized carbons (Fsp3) is 0.214. The van der Waals surface area contributed by atoms with Crippen LogP contribution in [0.15, 0.2) is 40.9 Å². The number of aromatic nitrogens is 2. The van der Waals surface area contributed by atoms with Crippen LogP contribution < -0.4 is 4.90 Å². The van der Waals surface area contributed by atoms with E-state index >= 15 is 0 Å². The molecule has 1 heterocycles. The Morgan fingerprint density at radius 3 is 2.63 bits per heavy atom. The average Bonchev–Trinajstić information content (AvgIpc) is 2.38. The topological polar surface area (TPSA) is 46.1 Å². The van der Waals surface area contributed by atoms with Gasteiger partial charge in [-0.25, -0.2) is 0 Å². The van der Waals surface area contributed by atoms with Crippen molar-refractivity contribution >= 4 is 27.5 Å². The first-order chi connectivity index (χ1) is 9.06. The molecule has 19 heavy (non-hydrogen) atoms. The number of benzene rings is 1. The van der Waals surface area contributed by atoms with Crippen LogP contribution in [0.4, 0.5) is 5.82 Å². The maximum atomic E-state index is 11.1. The molecule has 0 atom stereocenters. The average molecular weight is 320 g/mol. The van der Waals surface area contributed by atoms with Gasteiger partial charge in [0, 0.05) is 17.1 Å². The molecule has 0 saturated heterocycles. The van der Waals surface area contributed by atoms with Gasteiger partial charge in [0.2, 0.25) is 0 Å². The zero-order valence-electron chi connectivity index (χ0n) is 10.8. The number of likely N-dealkylation sites (N-methyl/N-ethyl adjacent to an activating group) is 1. The number of nitrogens with zero attached hydrogens (tertiary/aromatic N) is 3. The quantitative estimate of drug-likeness (QED) is 0.869. The number of Topliss-reactive ketones (excluding diaryl/α,β-unsaturated/α-hetero) is 1. The largest absolute Gasteiger partial charge is 0.351 e. The first-order valence-corrected chi connectivity index (χ1v) is 6.66. The van der Waals surface area contributed by atoms with Crippen LogP contribution in [-0.4, -0.2) is 29.6 Å². The third kappa shape index (κ3) is 3.61. The number of halogens is 1. The molecule has 2 aromatic rings. The molecule has 1 aromatic carbocycles. The van der Waals surface area contributed by atoms with Gasteiger partial charge < -0.3 is 4.90 Å². The zero-order valence-corrected chi connectivity index (χ0v) is 12.4. The van der Waals surface area contributed by atoms with Crippen molar-refractivity contribution in [1.29, 1.82) is 0 Å². The summed E-state index contributed by atoms with van der Waals surface area (Å²) in [5.41, 5.74) is 1.81. The normalized spacial score (nSPS) is 10.3. The van der Waals surface area contributed by atoms with E-state index in [9.17, 15) is 4.79 Å². The summed E-state index contributed by atoms with van der Waals surface area (Å²) in [5.74, 6) is 0.786. The van der Waals surface area contributed by atoms with Gasteiger partial charge in [0.05, 0.1) is 12.2 Å². The first-order valence-electron chi connectivity index (χ1n) is 5.86. The van der Waals surface area contributed by atoms with Crippen LogP contribution in [0.3, 0.4) is 0 Å². The molecular formula is C14H14BrN3O. The van der Waals surface area contributed by atoms with Crippen LogP contribution in [-0.2, 0) is 4.79 Å². The predicted octanol–water partition coefficient (Wildman–Crippen LogP) is 2.93. The Morgan fingerprint density at radius 1 is 1.26 bits per heavy atom. The molecule has 0 unspecified atom stereocenters. The van der Waals surface area contributed by atoms with E-state index < -0.39 is 0 Å². The minimum absolute atomic E-state index is 0.0976. The van der Waals surface area contributed by atoms with Gasteiger partial charge >= 0.3 is 0 Å². The highest BCUT2D eigenvalue weighted by Crippen LogP contribution is 2.21. The molecule has 98 valence electrons. The van der Waals surface area contributed by atoms with Gasteiger partial charge in [0.1, 0.15) is 5.78 Å². The summed E-state index contributed by atoms with van der Waals surface area (Å²) < 4.78 is 1.00. The SMILES string of the molecule is CC(=O)CN(C)c1ccc(-c2cccc(Br)c2)nn1. The Bertz CT molecular complexity index is 583. The minimum atomic E-state index is 0.0976. The fourth-order valence-corrected chi connectivity index (χ4v) is 2.14. The Balaban J connectivity index is 2.21. The Labute approximate surface area is 120 Å². The molecular weight excluding hydrogens is 306 g/mol. The highest BCUT2D eigenvalue weighted by Gasteiger charge is 2.07. The van der Waals surface area contributed by atoms with Crippen molar-refractivity contribution in [2.24, 2.45) is 0 Å².